The second-order valence-corrected chi connectivity index (χ2v) is 6.57. The fourth-order valence-electron chi connectivity index (χ4n) is 1.96. The maximum atomic E-state index is 12.5. The van der Waals surface area contributed by atoms with E-state index in [1.807, 2.05) is 6.92 Å². The van der Waals surface area contributed by atoms with Crippen LogP contribution in [0.4, 0.5) is 0 Å². The average Bonchev–Trinajstić information content (AvgIpc) is 2.47. The Balaban J connectivity index is 2.46. The number of hydrogen-bond acceptors (Lipinski definition) is 4. The summed E-state index contributed by atoms with van der Waals surface area (Å²) in [6.45, 7) is 2.29. The van der Waals surface area contributed by atoms with Crippen molar-refractivity contribution in [2.45, 2.75) is 11.8 Å². The Labute approximate surface area is 124 Å². The van der Waals surface area contributed by atoms with Gasteiger partial charge in [-0.1, -0.05) is 24.3 Å². The van der Waals surface area contributed by atoms with E-state index in [-0.39, 0.29) is 10.7 Å². The van der Waals surface area contributed by atoms with E-state index in [1.165, 1.54) is 12.1 Å². The summed E-state index contributed by atoms with van der Waals surface area (Å²) in [5.74, 6) is 0.235. The third-order valence-electron chi connectivity index (χ3n) is 2.96. The Bertz CT molecular complexity index is 763. The van der Waals surface area contributed by atoms with Crippen molar-refractivity contribution < 1.29 is 17.9 Å². The molecule has 0 amide bonds. The maximum Gasteiger partial charge on any atom is 0.196 e. The van der Waals surface area contributed by atoms with Gasteiger partial charge in [-0.05, 0) is 31.2 Å². The minimum absolute atomic E-state index is 0.127. The number of benzene rings is 2. The summed E-state index contributed by atoms with van der Waals surface area (Å²) in [6.07, 6.45) is 1.12. The van der Waals surface area contributed by atoms with Gasteiger partial charge in [-0.15, -0.1) is 0 Å². The van der Waals surface area contributed by atoms with Crippen molar-refractivity contribution in [2.75, 3.05) is 12.9 Å². The second-order valence-electron chi connectivity index (χ2n) is 4.56. The van der Waals surface area contributed by atoms with Crippen molar-refractivity contribution in [3.63, 3.8) is 0 Å². The Morgan fingerprint density at radius 1 is 1.10 bits per heavy atom. The monoisotopic (exact) mass is 304 g/mol. The van der Waals surface area contributed by atoms with Crippen molar-refractivity contribution in [1.82, 2.24) is 0 Å². The molecule has 0 radical (unpaired) electrons. The summed E-state index contributed by atoms with van der Waals surface area (Å²) in [5, 5.41) is 0. The van der Waals surface area contributed by atoms with Crippen LogP contribution >= 0.6 is 0 Å². The van der Waals surface area contributed by atoms with Crippen molar-refractivity contribution >= 4 is 15.6 Å². The normalized spacial score (nSPS) is 11.1. The molecule has 2 rings (SSSR count). The van der Waals surface area contributed by atoms with E-state index in [0.717, 1.165) is 6.26 Å². The first kappa shape index (κ1) is 15.3. The maximum absolute atomic E-state index is 12.5. The number of sulfone groups is 1. The molecule has 21 heavy (non-hydrogen) atoms. The first-order chi connectivity index (χ1) is 9.93. The minimum atomic E-state index is -3.34. The highest BCUT2D eigenvalue weighted by Gasteiger charge is 2.16. The number of rotatable bonds is 5. The van der Waals surface area contributed by atoms with Gasteiger partial charge in [-0.2, -0.15) is 0 Å². The smallest absolute Gasteiger partial charge is 0.196 e. The van der Waals surface area contributed by atoms with Crippen molar-refractivity contribution in [2.24, 2.45) is 0 Å². The van der Waals surface area contributed by atoms with Crippen LogP contribution in [0.15, 0.2) is 53.4 Å². The molecule has 0 aromatic heterocycles. The number of para-hydroxylation sites is 1. The van der Waals surface area contributed by atoms with E-state index in [9.17, 15) is 13.2 Å². The van der Waals surface area contributed by atoms with Crippen LogP contribution in [0.1, 0.15) is 22.8 Å². The number of ether oxygens (including phenoxy) is 1. The van der Waals surface area contributed by atoms with Crippen LogP contribution in [0.3, 0.4) is 0 Å². The summed E-state index contributed by atoms with van der Waals surface area (Å²) in [6, 6.07) is 12.9. The van der Waals surface area contributed by atoms with E-state index >= 15 is 0 Å². The quantitative estimate of drug-likeness (QED) is 0.797. The van der Waals surface area contributed by atoms with Crippen LogP contribution in [-0.2, 0) is 9.84 Å². The lowest BCUT2D eigenvalue weighted by Gasteiger charge is -2.09. The largest absolute Gasteiger partial charge is 0.493 e. The fourth-order valence-corrected chi connectivity index (χ4v) is 2.63. The number of carbonyl (C=O) groups excluding carboxylic acids is 1. The predicted molar refractivity (Wildman–Crippen MR) is 80.6 cm³/mol. The van der Waals surface area contributed by atoms with Crippen LogP contribution in [0, 0.1) is 0 Å². The van der Waals surface area contributed by atoms with Gasteiger partial charge in [0, 0.05) is 11.8 Å². The Hall–Kier alpha value is -2.14. The molecule has 4 nitrogen and oxygen atoms in total. The third kappa shape index (κ3) is 3.49. The van der Waals surface area contributed by atoms with Gasteiger partial charge in [-0.25, -0.2) is 8.42 Å². The average molecular weight is 304 g/mol. The molecule has 0 spiro atoms. The molecule has 0 aliphatic carbocycles. The highest BCUT2D eigenvalue weighted by molar-refractivity contribution is 7.90. The summed E-state index contributed by atoms with van der Waals surface area (Å²) >= 11 is 0. The van der Waals surface area contributed by atoms with E-state index in [2.05, 4.69) is 0 Å². The van der Waals surface area contributed by atoms with E-state index in [0.29, 0.717) is 23.5 Å². The van der Waals surface area contributed by atoms with E-state index in [4.69, 9.17) is 4.74 Å². The summed E-state index contributed by atoms with van der Waals surface area (Å²) in [7, 11) is -3.34. The van der Waals surface area contributed by atoms with Crippen LogP contribution < -0.4 is 4.74 Å². The lowest BCUT2D eigenvalue weighted by Crippen LogP contribution is -2.06. The van der Waals surface area contributed by atoms with Crippen molar-refractivity contribution in [1.29, 1.82) is 0 Å². The zero-order valence-electron chi connectivity index (χ0n) is 11.9. The SMILES string of the molecule is CCOc1ccccc1C(=O)c1cccc(S(C)(=O)=O)c1. The van der Waals surface area contributed by atoms with Crippen LogP contribution in [0.5, 0.6) is 5.75 Å². The second kappa shape index (κ2) is 6.10. The number of hydrogen-bond donors (Lipinski definition) is 0. The van der Waals surface area contributed by atoms with Gasteiger partial charge in [0.2, 0.25) is 0 Å². The minimum Gasteiger partial charge on any atom is -0.493 e. The Morgan fingerprint density at radius 3 is 2.48 bits per heavy atom. The first-order valence-electron chi connectivity index (χ1n) is 6.50. The summed E-state index contributed by atoms with van der Waals surface area (Å²) in [4.78, 5) is 12.7. The molecule has 0 heterocycles. The molecule has 0 fully saturated rings. The fraction of sp³-hybridized carbons (Fsp3) is 0.188. The molecular weight excluding hydrogens is 288 g/mol. The standard InChI is InChI=1S/C16H16O4S/c1-3-20-15-10-5-4-9-14(15)16(17)12-7-6-8-13(11-12)21(2,18)19/h4-11H,3H2,1-2H3. The van der Waals surface area contributed by atoms with E-state index < -0.39 is 9.84 Å². The zero-order chi connectivity index (χ0) is 15.5. The molecule has 0 bridgehead atoms. The molecule has 2 aromatic carbocycles. The first-order valence-corrected chi connectivity index (χ1v) is 8.39. The molecule has 5 heteroatoms. The van der Waals surface area contributed by atoms with Crippen molar-refractivity contribution in [3.8, 4) is 5.75 Å². The molecule has 0 aliphatic heterocycles. The number of ketones is 1. The van der Waals surface area contributed by atoms with Gasteiger partial charge in [0.1, 0.15) is 5.75 Å². The lowest BCUT2D eigenvalue weighted by atomic mass is 10.0. The summed E-state index contributed by atoms with van der Waals surface area (Å²) in [5.41, 5.74) is 0.745. The zero-order valence-corrected chi connectivity index (χ0v) is 12.7. The van der Waals surface area contributed by atoms with Gasteiger partial charge in [0.05, 0.1) is 17.1 Å². The van der Waals surface area contributed by atoms with Gasteiger partial charge in [0.25, 0.3) is 0 Å². The van der Waals surface area contributed by atoms with Crippen molar-refractivity contribution in [3.05, 3.63) is 59.7 Å². The third-order valence-corrected chi connectivity index (χ3v) is 4.07. The molecule has 0 N–H and O–H groups in total. The Morgan fingerprint density at radius 2 is 1.81 bits per heavy atom. The molecule has 110 valence electrons. The Kier molecular flexibility index (Phi) is 4.43. The van der Waals surface area contributed by atoms with Crippen LogP contribution in [0.2, 0.25) is 0 Å². The van der Waals surface area contributed by atoms with Gasteiger partial charge >= 0.3 is 0 Å². The topological polar surface area (TPSA) is 60.4 Å². The molecule has 0 aliphatic rings. The molecular formula is C16H16O4S. The molecule has 0 unspecified atom stereocenters. The van der Waals surface area contributed by atoms with Crippen LogP contribution in [-0.4, -0.2) is 27.1 Å². The molecule has 0 saturated heterocycles. The highest BCUT2D eigenvalue weighted by atomic mass is 32.2. The number of carbonyl (C=O) groups is 1. The van der Waals surface area contributed by atoms with Gasteiger partial charge in [-0.3, -0.25) is 4.79 Å². The van der Waals surface area contributed by atoms with E-state index in [1.54, 1.807) is 36.4 Å². The summed E-state index contributed by atoms with van der Waals surface area (Å²) < 4.78 is 28.6. The molecule has 0 saturated carbocycles. The highest BCUT2D eigenvalue weighted by Crippen LogP contribution is 2.22. The molecule has 0 atom stereocenters. The lowest BCUT2D eigenvalue weighted by molar-refractivity contribution is 0.103. The van der Waals surface area contributed by atoms with Crippen LogP contribution in [0.25, 0.3) is 0 Å². The van der Waals surface area contributed by atoms with Gasteiger partial charge in [0.15, 0.2) is 15.6 Å². The predicted octanol–water partition coefficient (Wildman–Crippen LogP) is 2.72. The molecule has 2 aromatic rings. The van der Waals surface area contributed by atoms with Gasteiger partial charge < -0.3 is 4.74 Å².